The van der Waals surface area contributed by atoms with E-state index in [2.05, 4.69) is 4.74 Å². The van der Waals surface area contributed by atoms with E-state index in [1.54, 1.807) is 11.0 Å². The quantitative estimate of drug-likeness (QED) is 0.520. The van der Waals surface area contributed by atoms with Crippen molar-refractivity contribution in [1.29, 1.82) is 0 Å². The highest BCUT2D eigenvalue weighted by atomic mass is 19.4. The molecule has 2 fully saturated rings. The van der Waals surface area contributed by atoms with Gasteiger partial charge in [0.15, 0.2) is 0 Å². The Bertz CT molecular complexity index is 1290. The maximum atomic E-state index is 13.2. The Morgan fingerprint density at radius 1 is 0.944 bits per heavy atom. The Hall–Kier alpha value is -3.49. The molecule has 0 unspecified atom stereocenters. The molecule has 3 heterocycles. The van der Waals surface area contributed by atoms with E-state index >= 15 is 0 Å². The molecule has 9 heteroatoms. The first-order valence-electron chi connectivity index (χ1n) is 12.1. The van der Waals surface area contributed by atoms with Gasteiger partial charge in [-0.2, -0.15) is 0 Å². The number of alkyl halides is 3. The van der Waals surface area contributed by atoms with Crippen molar-refractivity contribution in [2.24, 2.45) is 12.5 Å². The van der Waals surface area contributed by atoms with Crippen molar-refractivity contribution < 1.29 is 27.5 Å². The number of fused-ring (bicyclic) bond motifs is 1. The molecule has 2 aliphatic heterocycles. The summed E-state index contributed by atoms with van der Waals surface area (Å²) >= 11 is 0. The Kier molecular flexibility index (Phi) is 6.18. The number of carbonyl (C=O) groups excluding carboxylic acids is 2. The topological polar surface area (TPSA) is 54.8 Å². The predicted octanol–water partition coefficient (Wildman–Crippen LogP) is 4.77. The van der Waals surface area contributed by atoms with Gasteiger partial charge in [0, 0.05) is 49.7 Å². The van der Waals surface area contributed by atoms with Crippen LogP contribution in [-0.2, 0) is 18.3 Å². The number of ether oxygens (including phenoxy) is 1. The van der Waals surface area contributed by atoms with Crippen molar-refractivity contribution in [3.63, 3.8) is 0 Å². The minimum Gasteiger partial charge on any atom is -0.405 e. The van der Waals surface area contributed by atoms with Crippen LogP contribution in [0.5, 0.6) is 5.75 Å². The molecule has 0 N–H and O–H groups in total. The van der Waals surface area contributed by atoms with Crippen LogP contribution in [0.15, 0.2) is 54.6 Å². The zero-order valence-corrected chi connectivity index (χ0v) is 20.1. The summed E-state index contributed by atoms with van der Waals surface area (Å²) in [6.45, 7) is 2.36. The number of piperidine rings is 1. The monoisotopic (exact) mass is 499 g/mol. The third-order valence-electron chi connectivity index (χ3n) is 7.61. The molecule has 3 aromatic rings. The first-order chi connectivity index (χ1) is 17.1. The van der Waals surface area contributed by atoms with E-state index < -0.39 is 6.36 Å². The van der Waals surface area contributed by atoms with Crippen LogP contribution >= 0.6 is 0 Å². The normalized spacial score (nSPS) is 17.7. The van der Waals surface area contributed by atoms with Gasteiger partial charge >= 0.3 is 6.36 Å². The molecule has 0 aliphatic carbocycles. The molecule has 190 valence electrons. The zero-order chi connectivity index (χ0) is 25.5. The largest absolute Gasteiger partial charge is 0.573 e. The molecular formula is C27H28F3N3O3. The predicted molar refractivity (Wildman–Crippen MR) is 129 cm³/mol. The van der Waals surface area contributed by atoms with Gasteiger partial charge in [0.05, 0.1) is 6.42 Å². The number of aryl methyl sites for hydroxylation is 1. The van der Waals surface area contributed by atoms with Crippen molar-refractivity contribution in [3.05, 3.63) is 65.9 Å². The average Bonchev–Trinajstić information content (AvgIpc) is 3.41. The van der Waals surface area contributed by atoms with Crippen LogP contribution in [0, 0.1) is 5.41 Å². The van der Waals surface area contributed by atoms with Gasteiger partial charge < -0.3 is 19.1 Å². The second-order valence-corrected chi connectivity index (χ2v) is 9.84. The maximum absolute atomic E-state index is 13.2. The van der Waals surface area contributed by atoms with Gasteiger partial charge in [0.2, 0.25) is 5.91 Å². The van der Waals surface area contributed by atoms with Gasteiger partial charge in [-0.05, 0) is 42.9 Å². The maximum Gasteiger partial charge on any atom is 0.573 e. The lowest BCUT2D eigenvalue weighted by Gasteiger charge is -2.39. The molecule has 1 spiro atoms. The molecule has 36 heavy (non-hydrogen) atoms. The van der Waals surface area contributed by atoms with Gasteiger partial charge in [-0.1, -0.05) is 36.4 Å². The SMILES string of the molecule is Cn1c(C(=O)N2CCC3(CCN(C(=O)Cc4ccccc4OC(F)(F)F)C3)CC2)cc2ccccc21. The number of amides is 2. The van der Waals surface area contributed by atoms with Gasteiger partial charge in [0.25, 0.3) is 5.91 Å². The van der Waals surface area contributed by atoms with Crippen LogP contribution in [0.1, 0.15) is 35.3 Å². The van der Waals surface area contributed by atoms with Gasteiger partial charge in [-0.15, -0.1) is 13.2 Å². The highest BCUT2D eigenvalue weighted by Crippen LogP contribution is 2.41. The van der Waals surface area contributed by atoms with Crippen LogP contribution < -0.4 is 4.74 Å². The summed E-state index contributed by atoms with van der Waals surface area (Å²) in [6, 6.07) is 15.6. The third-order valence-corrected chi connectivity index (χ3v) is 7.61. The third kappa shape index (κ3) is 4.79. The van der Waals surface area contributed by atoms with Crippen LogP contribution in [0.25, 0.3) is 10.9 Å². The summed E-state index contributed by atoms with van der Waals surface area (Å²) in [5, 5.41) is 1.03. The van der Waals surface area contributed by atoms with E-state index in [9.17, 15) is 22.8 Å². The van der Waals surface area contributed by atoms with Crippen LogP contribution in [0.2, 0.25) is 0 Å². The Labute approximate surface area is 207 Å². The van der Waals surface area contributed by atoms with E-state index in [4.69, 9.17) is 0 Å². The number of rotatable bonds is 4. The van der Waals surface area contributed by atoms with Crippen LogP contribution in [0.4, 0.5) is 13.2 Å². The summed E-state index contributed by atoms with van der Waals surface area (Å²) in [4.78, 5) is 29.8. The number of halogens is 3. The minimum absolute atomic E-state index is 0.00995. The Morgan fingerprint density at radius 3 is 2.28 bits per heavy atom. The van der Waals surface area contributed by atoms with Crippen molar-refractivity contribution in [1.82, 2.24) is 14.4 Å². The fourth-order valence-electron chi connectivity index (χ4n) is 5.55. The summed E-state index contributed by atoms with van der Waals surface area (Å²) in [5.41, 5.74) is 1.83. The highest BCUT2D eigenvalue weighted by Gasteiger charge is 2.43. The zero-order valence-electron chi connectivity index (χ0n) is 20.1. The lowest BCUT2D eigenvalue weighted by atomic mass is 9.77. The molecule has 2 aliphatic rings. The van der Waals surface area contributed by atoms with Gasteiger partial charge in [-0.3, -0.25) is 9.59 Å². The van der Waals surface area contributed by atoms with Crippen molar-refractivity contribution >= 4 is 22.7 Å². The summed E-state index contributed by atoms with van der Waals surface area (Å²) in [7, 11) is 1.90. The number of aromatic nitrogens is 1. The van der Waals surface area contributed by atoms with E-state index in [0.29, 0.717) is 31.9 Å². The number of para-hydroxylation sites is 2. The molecule has 1 aromatic heterocycles. The number of carbonyl (C=O) groups is 2. The molecule has 5 rings (SSSR count). The average molecular weight is 500 g/mol. The molecule has 2 amide bonds. The van der Waals surface area contributed by atoms with Gasteiger partial charge in [0.1, 0.15) is 11.4 Å². The van der Waals surface area contributed by atoms with Crippen molar-refractivity contribution in [2.45, 2.75) is 32.0 Å². The number of likely N-dealkylation sites (tertiary alicyclic amines) is 2. The molecule has 0 saturated carbocycles. The molecular weight excluding hydrogens is 471 g/mol. The van der Waals surface area contributed by atoms with Crippen molar-refractivity contribution in [3.8, 4) is 5.75 Å². The van der Waals surface area contributed by atoms with E-state index in [1.807, 2.05) is 46.8 Å². The summed E-state index contributed by atoms with van der Waals surface area (Å²) in [6.07, 6.45) is -2.54. The fourth-order valence-corrected chi connectivity index (χ4v) is 5.55. The standard InChI is InChI=1S/C27H28F3N3O3/c1-31-21-8-4-2-6-19(21)16-22(31)25(35)32-13-10-26(11-14-32)12-15-33(18-26)24(34)17-20-7-3-5-9-23(20)36-27(28,29)30/h2-9,16H,10-15,17-18H2,1H3. The molecule has 2 aromatic carbocycles. The van der Waals surface area contributed by atoms with E-state index in [1.165, 1.54) is 18.2 Å². The van der Waals surface area contributed by atoms with Gasteiger partial charge in [-0.25, -0.2) is 0 Å². The fraction of sp³-hybridized carbons (Fsp3) is 0.407. The summed E-state index contributed by atoms with van der Waals surface area (Å²) < 4.78 is 44.2. The minimum atomic E-state index is -4.81. The van der Waals surface area contributed by atoms with Crippen LogP contribution in [0.3, 0.4) is 0 Å². The molecule has 0 bridgehead atoms. The number of benzene rings is 2. The molecule has 2 saturated heterocycles. The van der Waals surface area contributed by atoms with Crippen molar-refractivity contribution in [2.75, 3.05) is 26.2 Å². The van der Waals surface area contributed by atoms with Crippen LogP contribution in [-0.4, -0.2) is 58.7 Å². The lowest BCUT2D eigenvalue weighted by molar-refractivity contribution is -0.274. The Balaban J connectivity index is 1.20. The second kappa shape index (κ2) is 9.19. The summed E-state index contributed by atoms with van der Waals surface area (Å²) in [5.74, 6) is -0.540. The smallest absolute Gasteiger partial charge is 0.405 e. The molecule has 6 nitrogen and oxygen atoms in total. The first kappa shape index (κ1) is 24.2. The second-order valence-electron chi connectivity index (χ2n) is 9.84. The number of hydrogen-bond donors (Lipinski definition) is 0. The number of nitrogens with zero attached hydrogens (tertiary/aromatic N) is 3. The Morgan fingerprint density at radius 2 is 1.58 bits per heavy atom. The lowest BCUT2D eigenvalue weighted by Crippen LogP contribution is -2.45. The first-order valence-corrected chi connectivity index (χ1v) is 12.1. The van der Waals surface area contributed by atoms with E-state index in [-0.39, 0.29) is 35.0 Å². The molecule has 0 atom stereocenters. The molecule has 0 radical (unpaired) electrons. The number of hydrogen-bond acceptors (Lipinski definition) is 3. The van der Waals surface area contributed by atoms with E-state index in [0.717, 1.165) is 30.2 Å². The highest BCUT2D eigenvalue weighted by molar-refractivity contribution is 5.98.